The maximum absolute atomic E-state index is 12.3. The van der Waals surface area contributed by atoms with Crippen molar-refractivity contribution >= 4 is 18.2 Å². The number of hydrogen-bond acceptors (Lipinski definition) is 6. The fourth-order valence-electron chi connectivity index (χ4n) is 4.15. The number of fused-ring (bicyclic) bond motifs is 3. The highest BCUT2D eigenvalue weighted by atomic mass is 16.6. The summed E-state index contributed by atoms with van der Waals surface area (Å²) in [5, 5.41) is 5.30. The summed E-state index contributed by atoms with van der Waals surface area (Å²) >= 11 is 0. The van der Waals surface area contributed by atoms with E-state index < -0.39 is 29.8 Å². The van der Waals surface area contributed by atoms with E-state index in [9.17, 15) is 14.4 Å². The van der Waals surface area contributed by atoms with E-state index in [1.165, 1.54) is 18.2 Å². The lowest BCUT2D eigenvalue weighted by molar-refractivity contribution is -0.143. The molecular formula is C27H34N2O6. The van der Waals surface area contributed by atoms with Gasteiger partial charge in [0.1, 0.15) is 18.2 Å². The van der Waals surface area contributed by atoms with Crippen LogP contribution in [0.2, 0.25) is 0 Å². The molecule has 0 heterocycles. The maximum atomic E-state index is 12.3. The van der Waals surface area contributed by atoms with Gasteiger partial charge >= 0.3 is 18.2 Å². The van der Waals surface area contributed by atoms with Gasteiger partial charge < -0.3 is 24.8 Å². The summed E-state index contributed by atoms with van der Waals surface area (Å²) in [5.41, 5.74) is 4.01. The minimum atomic E-state index is -0.815. The van der Waals surface area contributed by atoms with Crippen LogP contribution in [0.25, 0.3) is 11.1 Å². The normalized spacial score (nSPS) is 13.3. The first-order valence-electron chi connectivity index (χ1n) is 11.9. The molecule has 2 aromatic carbocycles. The molecular weight excluding hydrogens is 448 g/mol. The smallest absolute Gasteiger partial charge is 0.408 e. The minimum Gasteiger partial charge on any atom is -0.467 e. The molecule has 3 rings (SSSR count). The van der Waals surface area contributed by atoms with Crippen LogP contribution in [0.5, 0.6) is 0 Å². The Morgan fingerprint density at radius 1 is 0.914 bits per heavy atom. The Kier molecular flexibility index (Phi) is 8.73. The van der Waals surface area contributed by atoms with Crippen molar-refractivity contribution in [1.29, 1.82) is 0 Å². The fraction of sp³-hybridized carbons (Fsp3) is 0.444. The Morgan fingerprint density at radius 3 is 2.09 bits per heavy atom. The van der Waals surface area contributed by atoms with E-state index in [4.69, 9.17) is 14.2 Å². The van der Waals surface area contributed by atoms with Gasteiger partial charge in [0.15, 0.2) is 0 Å². The lowest BCUT2D eigenvalue weighted by Gasteiger charge is -2.22. The van der Waals surface area contributed by atoms with E-state index in [0.29, 0.717) is 25.8 Å². The number of carbonyl (C=O) groups is 3. The molecule has 2 N–H and O–H groups in total. The molecule has 8 nitrogen and oxygen atoms in total. The number of unbranched alkanes of at least 4 members (excludes halogenated alkanes) is 1. The molecule has 0 unspecified atom stereocenters. The first kappa shape index (κ1) is 26.1. The first-order chi connectivity index (χ1) is 16.7. The largest absolute Gasteiger partial charge is 0.467 e. The van der Waals surface area contributed by atoms with Crippen molar-refractivity contribution in [2.24, 2.45) is 0 Å². The van der Waals surface area contributed by atoms with Crippen LogP contribution in [0.4, 0.5) is 9.59 Å². The third kappa shape index (κ3) is 7.21. The first-order valence-corrected chi connectivity index (χ1v) is 11.9. The number of carbonyl (C=O) groups excluding carboxylic acids is 3. The van der Waals surface area contributed by atoms with Crippen LogP contribution in [0.15, 0.2) is 48.5 Å². The lowest BCUT2D eigenvalue weighted by atomic mass is 9.98. The second-order valence-corrected chi connectivity index (χ2v) is 9.47. The van der Waals surface area contributed by atoms with Crippen molar-refractivity contribution in [3.63, 3.8) is 0 Å². The molecule has 0 aromatic heterocycles. The maximum Gasteiger partial charge on any atom is 0.408 e. The van der Waals surface area contributed by atoms with Gasteiger partial charge in [-0.25, -0.2) is 14.4 Å². The highest BCUT2D eigenvalue weighted by Gasteiger charge is 2.29. The van der Waals surface area contributed by atoms with Crippen molar-refractivity contribution in [2.45, 2.75) is 57.6 Å². The predicted molar refractivity (Wildman–Crippen MR) is 132 cm³/mol. The summed E-state index contributed by atoms with van der Waals surface area (Å²) in [7, 11) is 1.27. The second kappa shape index (κ2) is 11.7. The molecule has 0 radical (unpaired) electrons. The second-order valence-electron chi connectivity index (χ2n) is 9.47. The van der Waals surface area contributed by atoms with Crippen molar-refractivity contribution in [3.05, 3.63) is 59.7 Å². The molecule has 35 heavy (non-hydrogen) atoms. The zero-order valence-corrected chi connectivity index (χ0v) is 20.8. The number of amides is 2. The molecule has 0 bridgehead atoms. The van der Waals surface area contributed by atoms with E-state index in [1.807, 2.05) is 24.3 Å². The number of methoxy groups -OCH3 is 1. The summed E-state index contributed by atoms with van der Waals surface area (Å²) in [4.78, 5) is 36.2. The molecule has 0 saturated heterocycles. The Morgan fingerprint density at radius 2 is 1.51 bits per heavy atom. The van der Waals surface area contributed by atoms with Crippen LogP contribution in [0.3, 0.4) is 0 Å². The SMILES string of the molecule is COC(=O)[C@H](CCCCNC(=O)OCC1c2ccccc2-c2ccccc21)NC(=O)OC(C)(C)C. The third-order valence-corrected chi connectivity index (χ3v) is 5.71. The van der Waals surface area contributed by atoms with E-state index in [2.05, 4.69) is 34.9 Å². The van der Waals surface area contributed by atoms with Gasteiger partial charge in [-0.3, -0.25) is 0 Å². The van der Waals surface area contributed by atoms with Gasteiger partial charge in [0, 0.05) is 12.5 Å². The number of rotatable bonds is 9. The molecule has 0 fully saturated rings. The summed E-state index contributed by atoms with van der Waals surface area (Å²) in [6, 6.07) is 15.5. The average molecular weight is 483 g/mol. The molecule has 1 aliphatic rings. The Labute approximate surface area is 206 Å². The van der Waals surface area contributed by atoms with E-state index >= 15 is 0 Å². The fourth-order valence-corrected chi connectivity index (χ4v) is 4.15. The van der Waals surface area contributed by atoms with E-state index in [-0.39, 0.29) is 12.5 Å². The molecule has 2 amide bonds. The lowest BCUT2D eigenvalue weighted by Crippen LogP contribution is -2.44. The Balaban J connectivity index is 1.41. The van der Waals surface area contributed by atoms with Crippen LogP contribution < -0.4 is 10.6 Å². The molecule has 8 heteroatoms. The molecule has 0 saturated carbocycles. The molecule has 2 aromatic rings. The zero-order valence-electron chi connectivity index (χ0n) is 20.8. The molecule has 1 aliphatic carbocycles. The van der Waals surface area contributed by atoms with Crippen LogP contribution in [-0.4, -0.2) is 50.1 Å². The summed E-state index contributed by atoms with van der Waals surface area (Å²) < 4.78 is 15.5. The number of esters is 1. The average Bonchev–Trinajstić information content (AvgIpc) is 3.14. The number of nitrogens with one attached hydrogen (secondary N) is 2. The van der Waals surface area contributed by atoms with Crippen LogP contribution in [-0.2, 0) is 19.0 Å². The standard InChI is InChI=1S/C27H34N2O6/c1-27(2,3)35-26(32)29-23(24(30)33-4)15-9-10-16-28-25(31)34-17-22-20-13-7-5-11-18(20)19-12-6-8-14-21(19)22/h5-8,11-14,22-23H,9-10,15-17H2,1-4H3,(H,28,31)(H,29,32)/t23-/m0/s1. The van der Waals surface area contributed by atoms with Gasteiger partial charge in [0.05, 0.1) is 7.11 Å². The van der Waals surface area contributed by atoms with Crippen LogP contribution in [0.1, 0.15) is 57.1 Å². The van der Waals surface area contributed by atoms with Crippen molar-refractivity contribution < 1.29 is 28.6 Å². The number of ether oxygens (including phenoxy) is 3. The highest BCUT2D eigenvalue weighted by Crippen LogP contribution is 2.44. The molecule has 1 atom stereocenters. The van der Waals surface area contributed by atoms with Crippen molar-refractivity contribution in [2.75, 3.05) is 20.3 Å². The van der Waals surface area contributed by atoms with Gasteiger partial charge in [-0.1, -0.05) is 48.5 Å². The van der Waals surface area contributed by atoms with Crippen LogP contribution >= 0.6 is 0 Å². The summed E-state index contributed by atoms with van der Waals surface area (Å²) in [6.45, 7) is 5.87. The van der Waals surface area contributed by atoms with Crippen molar-refractivity contribution in [3.8, 4) is 11.1 Å². The Hall–Kier alpha value is -3.55. The quantitative estimate of drug-likeness (QED) is 0.303. The predicted octanol–water partition coefficient (Wildman–Crippen LogP) is 4.76. The van der Waals surface area contributed by atoms with Crippen molar-refractivity contribution in [1.82, 2.24) is 10.6 Å². The monoisotopic (exact) mass is 482 g/mol. The van der Waals surface area contributed by atoms with Crippen LogP contribution in [0, 0.1) is 0 Å². The topological polar surface area (TPSA) is 103 Å². The van der Waals surface area contributed by atoms with Gasteiger partial charge in [-0.05, 0) is 62.3 Å². The molecule has 0 spiro atoms. The zero-order chi connectivity index (χ0) is 25.4. The number of benzene rings is 2. The molecule has 188 valence electrons. The molecule has 0 aliphatic heterocycles. The van der Waals surface area contributed by atoms with Gasteiger partial charge in [0.2, 0.25) is 0 Å². The van der Waals surface area contributed by atoms with Gasteiger partial charge in [-0.2, -0.15) is 0 Å². The van der Waals surface area contributed by atoms with E-state index in [0.717, 1.165) is 11.1 Å². The highest BCUT2D eigenvalue weighted by molar-refractivity contribution is 5.81. The van der Waals surface area contributed by atoms with Gasteiger partial charge in [0.25, 0.3) is 0 Å². The number of alkyl carbamates (subject to hydrolysis) is 2. The summed E-state index contributed by atoms with van der Waals surface area (Å²) in [5.74, 6) is -0.534. The minimum absolute atomic E-state index is 0.00731. The third-order valence-electron chi connectivity index (χ3n) is 5.71. The number of hydrogen-bond donors (Lipinski definition) is 2. The van der Waals surface area contributed by atoms with Gasteiger partial charge in [-0.15, -0.1) is 0 Å². The van der Waals surface area contributed by atoms with E-state index in [1.54, 1.807) is 20.8 Å². The Bertz CT molecular complexity index is 1000. The summed E-state index contributed by atoms with van der Waals surface area (Å²) in [6.07, 6.45) is 0.387.